The van der Waals surface area contributed by atoms with Crippen LogP contribution in [0.15, 0.2) is 29.4 Å². The maximum absolute atomic E-state index is 9.11. The van der Waals surface area contributed by atoms with Gasteiger partial charge in [0.2, 0.25) is 0 Å². The predicted molar refractivity (Wildman–Crippen MR) is 70.1 cm³/mol. The van der Waals surface area contributed by atoms with Gasteiger partial charge in [0.1, 0.15) is 5.71 Å². The van der Waals surface area contributed by atoms with E-state index < -0.39 is 0 Å². The summed E-state index contributed by atoms with van der Waals surface area (Å²) < 4.78 is 0. The van der Waals surface area contributed by atoms with Crippen LogP contribution in [-0.4, -0.2) is 35.5 Å². The van der Waals surface area contributed by atoms with E-state index in [0.717, 1.165) is 18.7 Å². The molecule has 0 unspecified atom stereocenters. The summed E-state index contributed by atoms with van der Waals surface area (Å²) in [4.78, 5) is 2.33. The number of hydrogen-bond donors (Lipinski definition) is 1. The van der Waals surface area contributed by atoms with E-state index >= 15 is 0 Å². The van der Waals surface area contributed by atoms with Gasteiger partial charge in [-0.3, -0.25) is 4.90 Å². The summed E-state index contributed by atoms with van der Waals surface area (Å²) in [5, 5.41) is 13.2. The van der Waals surface area contributed by atoms with Gasteiger partial charge in [-0.05, 0) is 38.1 Å². The normalized spacial score (nSPS) is 18.3. The van der Waals surface area contributed by atoms with Crippen molar-refractivity contribution in [1.82, 2.24) is 4.90 Å². The minimum Gasteiger partial charge on any atom is -0.411 e. The van der Waals surface area contributed by atoms with Gasteiger partial charge in [0.05, 0.1) is 0 Å². The molecular formula is C13H17ClN2O. The number of benzene rings is 1. The molecule has 0 atom stereocenters. The summed E-state index contributed by atoms with van der Waals surface area (Å²) in [6.45, 7) is 2.89. The van der Waals surface area contributed by atoms with Gasteiger partial charge in [-0.25, -0.2) is 0 Å². The van der Waals surface area contributed by atoms with Crippen LogP contribution in [-0.2, 0) is 0 Å². The summed E-state index contributed by atoms with van der Waals surface area (Å²) >= 11 is 5.84. The molecule has 2 rings (SSSR count). The van der Waals surface area contributed by atoms with Crippen molar-refractivity contribution < 1.29 is 5.21 Å². The van der Waals surface area contributed by atoms with Crippen LogP contribution >= 0.6 is 11.6 Å². The Hall–Kier alpha value is -1.06. The molecule has 0 aromatic heterocycles. The lowest BCUT2D eigenvalue weighted by Gasteiger charge is -2.26. The van der Waals surface area contributed by atoms with Crippen molar-refractivity contribution in [3.05, 3.63) is 34.9 Å². The van der Waals surface area contributed by atoms with E-state index in [1.165, 1.54) is 19.3 Å². The zero-order valence-corrected chi connectivity index (χ0v) is 10.5. The van der Waals surface area contributed by atoms with Crippen molar-refractivity contribution in [3.63, 3.8) is 0 Å². The van der Waals surface area contributed by atoms with Gasteiger partial charge in [-0.2, -0.15) is 0 Å². The smallest absolute Gasteiger partial charge is 0.101 e. The second kappa shape index (κ2) is 6.03. The van der Waals surface area contributed by atoms with Crippen LogP contribution in [0.25, 0.3) is 0 Å². The molecule has 0 saturated carbocycles. The first-order chi connectivity index (χ1) is 8.29. The summed E-state index contributed by atoms with van der Waals surface area (Å²) in [6, 6.07) is 7.42. The molecule has 1 N–H and O–H groups in total. The fourth-order valence-corrected chi connectivity index (χ4v) is 2.28. The van der Waals surface area contributed by atoms with Crippen molar-refractivity contribution in [2.45, 2.75) is 19.3 Å². The first kappa shape index (κ1) is 12.4. The van der Waals surface area contributed by atoms with Crippen LogP contribution in [0.5, 0.6) is 0 Å². The van der Waals surface area contributed by atoms with E-state index in [4.69, 9.17) is 16.8 Å². The summed E-state index contributed by atoms with van der Waals surface area (Å²) in [7, 11) is 0. The molecule has 0 bridgehead atoms. The Balaban J connectivity index is 2.03. The number of oxime groups is 1. The standard InChI is InChI=1S/C13H17ClN2O/c14-12-6-4-11(5-7-12)13(15-17)10-16-8-2-1-3-9-16/h4-7,17H,1-3,8-10H2. The van der Waals surface area contributed by atoms with Gasteiger partial charge in [-0.15, -0.1) is 0 Å². The lowest BCUT2D eigenvalue weighted by Crippen LogP contribution is -2.34. The number of likely N-dealkylation sites (tertiary alicyclic amines) is 1. The van der Waals surface area contributed by atoms with Gasteiger partial charge in [-0.1, -0.05) is 35.3 Å². The maximum atomic E-state index is 9.11. The molecular weight excluding hydrogens is 236 g/mol. The molecule has 1 aromatic rings. The molecule has 0 aliphatic carbocycles. The number of nitrogens with zero attached hydrogens (tertiary/aromatic N) is 2. The highest BCUT2D eigenvalue weighted by atomic mass is 35.5. The monoisotopic (exact) mass is 252 g/mol. The van der Waals surface area contributed by atoms with Crippen LogP contribution in [0, 0.1) is 0 Å². The van der Waals surface area contributed by atoms with Crippen molar-refractivity contribution in [3.8, 4) is 0 Å². The Morgan fingerprint density at radius 1 is 1.18 bits per heavy atom. The van der Waals surface area contributed by atoms with Gasteiger partial charge in [0.15, 0.2) is 0 Å². The molecule has 1 aliphatic heterocycles. The van der Waals surface area contributed by atoms with Crippen LogP contribution in [0.1, 0.15) is 24.8 Å². The molecule has 0 amide bonds. The summed E-state index contributed by atoms with van der Waals surface area (Å²) in [6.07, 6.45) is 3.78. The average molecular weight is 253 g/mol. The third-order valence-electron chi connectivity index (χ3n) is 3.12. The molecule has 92 valence electrons. The van der Waals surface area contributed by atoms with E-state index in [1.807, 2.05) is 24.3 Å². The average Bonchev–Trinajstić information content (AvgIpc) is 2.38. The molecule has 1 fully saturated rings. The molecule has 0 spiro atoms. The highest BCUT2D eigenvalue weighted by molar-refractivity contribution is 6.30. The molecule has 0 radical (unpaired) electrons. The fraction of sp³-hybridized carbons (Fsp3) is 0.462. The van der Waals surface area contributed by atoms with E-state index in [2.05, 4.69) is 10.1 Å². The Bertz CT molecular complexity index is 383. The highest BCUT2D eigenvalue weighted by Crippen LogP contribution is 2.13. The van der Waals surface area contributed by atoms with Crippen LogP contribution in [0.2, 0.25) is 5.02 Å². The predicted octanol–water partition coefficient (Wildman–Crippen LogP) is 3.00. The molecule has 1 aromatic carbocycles. The Morgan fingerprint density at radius 3 is 2.41 bits per heavy atom. The SMILES string of the molecule is ON=C(CN1CCCCC1)c1ccc(Cl)cc1. The molecule has 1 heterocycles. The summed E-state index contributed by atoms with van der Waals surface area (Å²) in [5.41, 5.74) is 1.64. The molecule has 1 aliphatic rings. The van der Waals surface area contributed by atoms with Crippen molar-refractivity contribution in [2.24, 2.45) is 5.16 Å². The number of halogens is 1. The topological polar surface area (TPSA) is 35.8 Å². The van der Waals surface area contributed by atoms with Crippen molar-refractivity contribution in [2.75, 3.05) is 19.6 Å². The van der Waals surface area contributed by atoms with Gasteiger partial charge in [0, 0.05) is 17.1 Å². The number of hydrogen-bond acceptors (Lipinski definition) is 3. The van der Waals surface area contributed by atoms with Crippen LogP contribution < -0.4 is 0 Å². The Kier molecular flexibility index (Phi) is 4.40. The highest BCUT2D eigenvalue weighted by Gasteiger charge is 2.14. The summed E-state index contributed by atoms with van der Waals surface area (Å²) in [5.74, 6) is 0. The third-order valence-corrected chi connectivity index (χ3v) is 3.37. The first-order valence-electron chi connectivity index (χ1n) is 5.99. The molecule has 4 heteroatoms. The zero-order valence-electron chi connectivity index (χ0n) is 9.77. The van der Waals surface area contributed by atoms with E-state index in [0.29, 0.717) is 17.3 Å². The van der Waals surface area contributed by atoms with Gasteiger partial charge in [0.25, 0.3) is 0 Å². The third kappa shape index (κ3) is 3.45. The van der Waals surface area contributed by atoms with E-state index in [9.17, 15) is 0 Å². The Labute approximate surface area is 107 Å². The van der Waals surface area contributed by atoms with Crippen LogP contribution in [0.3, 0.4) is 0 Å². The van der Waals surface area contributed by atoms with Gasteiger partial charge < -0.3 is 5.21 Å². The van der Waals surface area contributed by atoms with Crippen LogP contribution in [0.4, 0.5) is 0 Å². The largest absolute Gasteiger partial charge is 0.411 e. The number of piperidine rings is 1. The zero-order chi connectivity index (χ0) is 12.1. The minimum atomic E-state index is 0.698. The molecule has 3 nitrogen and oxygen atoms in total. The molecule has 1 saturated heterocycles. The number of rotatable bonds is 3. The maximum Gasteiger partial charge on any atom is 0.101 e. The van der Waals surface area contributed by atoms with E-state index in [1.54, 1.807) is 0 Å². The first-order valence-corrected chi connectivity index (χ1v) is 6.36. The van der Waals surface area contributed by atoms with E-state index in [-0.39, 0.29) is 0 Å². The fourth-order valence-electron chi connectivity index (χ4n) is 2.15. The van der Waals surface area contributed by atoms with Gasteiger partial charge >= 0.3 is 0 Å². The lowest BCUT2D eigenvalue weighted by molar-refractivity contribution is 0.253. The minimum absolute atomic E-state index is 0.698. The second-order valence-electron chi connectivity index (χ2n) is 4.39. The second-order valence-corrected chi connectivity index (χ2v) is 4.83. The van der Waals surface area contributed by atoms with Crippen molar-refractivity contribution >= 4 is 17.3 Å². The quantitative estimate of drug-likeness (QED) is 0.510. The molecule has 17 heavy (non-hydrogen) atoms. The lowest BCUT2D eigenvalue weighted by atomic mass is 10.1. The van der Waals surface area contributed by atoms with Crippen molar-refractivity contribution in [1.29, 1.82) is 0 Å². The Morgan fingerprint density at radius 2 is 1.82 bits per heavy atom.